The summed E-state index contributed by atoms with van der Waals surface area (Å²) in [5.74, 6) is -1.60. The lowest BCUT2D eigenvalue weighted by Crippen LogP contribution is -2.57. The first-order valence-corrected chi connectivity index (χ1v) is 8.18. The van der Waals surface area contributed by atoms with Crippen LogP contribution in [0, 0.1) is 0 Å². The maximum absolute atomic E-state index is 12.7. The fourth-order valence-electron chi connectivity index (χ4n) is 3.28. The highest BCUT2D eigenvalue weighted by Gasteiger charge is 2.37. The van der Waals surface area contributed by atoms with E-state index in [1.54, 1.807) is 6.20 Å². The van der Waals surface area contributed by atoms with Crippen LogP contribution in [0.3, 0.4) is 0 Å². The van der Waals surface area contributed by atoms with E-state index in [1.807, 2.05) is 0 Å². The molecule has 1 aromatic heterocycles. The molecule has 0 radical (unpaired) electrons. The average molecular weight is 336 g/mol. The number of nitrogens with zero attached hydrogens (tertiary/aromatic N) is 1. The van der Waals surface area contributed by atoms with Gasteiger partial charge in [-0.25, -0.2) is 4.98 Å². The quantitative estimate of drug-likeness (QED) is 0.585. The molecule has 1 atom stereocenters. The highest BCUT2D eigenvalue weighted by Crippen LogP contribution is 2.31. The van der Waals surface area contributed by atoms with Gasteiger partial charge in [0.25, 0.3) is 0 Å². The molecular formula is C16H24N4O4. The Bertz CT molecular complexity index is 579. The molecule has 1 aromatic rings. The van der Waals surface area contributed by atoms with E-state index in [1.165, 1.54) is 13.3 Å². The number of imidazole rings is 1. The fourth-order valence-corrected chi connectivity index (χ4v) is 3.28. The summed E-state index contributed by atoms with van der Waals surface area (Å²) in [5, 5.41) is 14.7. The molecule has 0 unspecified atom stereocenters. The second-order valence-electron chi connectivity index (χ2n) is 6.43. The van der Waals surface area contributed by atoms with Crippen molar-refractivity contribution in [1.29, 1.82) is 0 Å². The zero-order chi connectivity index (χ0) is 17.6. The molecule has 24 heavy (non-hydrogen) atoms. The molecule has 2 amide bonds. The summed E-state index contributed by atoms with van der Waals surface area (Å²) in [5.41, 5.74) is -0.00822. The van der Waals surface area contributed by atoms with Gasteiger partial charge in [-0.1, -0.05) is 19.3 Å². The lowest BCUT2D eigenvalue weighted by Gasteiger charge is -2.38. The number of H-pyrrole nitrogens is 1. The molecule has 0 aromatic carbocycles. The maximum atomic E-state index is 12.7. The van der Waals surface area contributed by atoms with Crippen LogP contribution >= 0.6 is 0 Å². The number of aromatic nitrogens is 2. The van der Waals surface area contributed by atoms with Crippen molar-refractivity contribution in [3.8, 4) is 0 Å². The number of carbonyl (C=O) groups is 3. The number of nitrogens with one attached hydrogen (secondary N) is 3. The van der Waals surface area contributed by atoms with Crippen LogP contribution in [-0.4, -0.2) is 44.4 Å². The van der Waals surface area contributed by atoms with Gasteiger partial charge in [0.15, 0.2) is 0 Å². The van der Waals surface area contributed by atoms with Gasteiger partial charge in [-0.3, -0.25) is 14.4 Å². The lowest BCUT2D eigenvalue weighted by molar-refractivity contribution is -0.140. The highest BCUT2D eigenvalue weighted by atomic mass is 16.4. The SMILES string of the molecule is CC(=O)N[C@@H](Cc1cnc[nH]1)C(=O)NC1(CC(=O)O)CCCCC1. The number of rotatable bonds is 7. The minimum atomic E-state index is -0.929. The molecule has 0 spiro atoms. The molecule has 1 aliphatic carbocycles. The predicted molar refractivity (Wildman–Crippen MR) is 86.1 cm³/mol. The smallest absolute Gasteiger partial charge is 0.305 e. The zero-order valence-electron chi connectivity index (χ0n) is 13.8. The van der Waals surface area contributed by atoms with Gasteiger partial charge in [-0.2, -0.15) is 0 Å². The van der Waals surface area contributed by atoms with E-state index in [9.17, 15) is 19.5 Å². The van der Waals surface area contributed by atoms with Gasteiger partial charge in [0.2, 0.25) is 11.8 Å². The van der Waals surface area contributed by atoms with E-state index >= 15 is 0 Å². The Morgan fingerprint density at radius 2 is 2.04 bits per heavy atom. The summed E-state index contributed by atoms with van der Waals surface area (Å²) in [4.78, 5) is 42.2. The van der Waals surface area contributed by atoms with Crippen molar-refractivity contribution in [2.24, 2.45) is 0 Å². The maximum Gasteiger partial charge on any atom is 0.305 e. The Labute approximate surface area is 140 Å². The molecule has 132 valence electrons. The number of carboxylic acids is 1. The minimum Gasteiger partial charge on any atom is -0.481 e. The van der Waals surface area contributed by atoms with E-state index in [2.05, 4.69) is 20.6 Å². The van der Waals surface area contributed by atoms with Crippen molar-refractivity contribution in [2.45, 2.75) is 63.5 Å². The van der Waals surface area contributed by atoms with E-state index in [4.69, 9.17) is 0 Å². The molecule has 0 saturated heterocycles. The summed E-state index contributed by atoms with van der Waals surface area (Å²) >= 11 is 0. The number of amides is 2. The second-order valence-corrected chi connectivity index (χ2v) is 6.43. The number of hydrogen-bond acceptors (Lipinski definition) is 4. The molecule has 4 N–H and O–H groups in total. The Hall–Kier alpha value is -2.38. The van der Waals surface area contributed by atoms with Gasteiger partial charge in [0.05, 0.1) is 18.3 Å². The lowest BCUT2D eigenvalue weighted by atomic mass is 9.79. The second kappa shape index (κ2) is 7.94. The third-order valence-corrected chi connectivity index (χ3v) is 4.36. The Balaban J connectivity index is 2.11. The average Bonchev–Trinajstić information content (AvgIpc) is 2.99. The third kappa shape index (κ3) is 5.07. The van der Waals surface area contributed by atoms with Gasteiger partial charge >= 0.3 is 5.97 Å². The first-order chi connectivity index (χ1) is 11.4. The Morgan fingerprint density at radius 1 is 1.33 bits per heavy atom. The van der Waals surface area contributed by atoms with Crippen molar-refractivity contribution in [3.63, 3.8) is 0 Å². The summed E-state index contributed by atoms with van der Waals surface area (Å²) in [7, 11) is 0. The summed E-state index contributed by atoms with van der Waals surface area (Å²) in [6.45, 7) is 1.35. The standard InChI is InChI=1S/C16H24N4O4/c1-11(21)19-13(7-12-9-17-10-18-12)15(24)20-16(8-14(22)23)5-3-2-4-6-16/h9-10,13H,2-8H2,1H3,(H,17,18)(H,19,21)(H,20,24)(H,22,23)/t13-/m0/s1. The number of aromatic amines is 1. The topological polar surface area (TPSA) is 124 Å². The molecule has 1 aliphatic rings. The van der Waals surface area contributed by atoms with Crippen molar-refractivity contribution >= 4 is 17.8 Å². The van der Waals surface area contributed by atoms with Gasteiger partial charge in [0.1, 0.15) is 6.04 Å². The summed E-state index contributed by atoms with van der Waals surface area (Å²) in [6.07, 6.45) is 7.37. The van der Waals surface area contributed by atoms with Crippen molar-refractivity contribution < 1.29 is 19.5 Å². The minimum absolute atomic E-state index is 0.102. The molecule has 0 bridgehead atoms. The molecule has 1 fully saturated rings. The highest BCUT2D eigenvalue weighted by molar-refractivity contribution is 5.88. The number of carboxylic acid groups (broad SMARTS) is 1. The molecule has 8 heteroatoms. The van der Waals surface area contributed by atoms with Gasteiger partial charge in [0, 0.05) is 25.2 Å². The normalized spacial score (nSPS) is 17.7. The number of carbonyl (C=O) groups excluding carboxylic acids is 2. The molecule has 8 nitrogen and oxygen atoms in total. The van der Waals surface area contributed by atoms with Crippen molar-refractivity contribution in [3.05, 3.63) is 18.2 Å². The van der Waals surface area contributed by atoms with Crippen LogP contribution in [0.1, 0.15) is 51.1 Å². The predicted octanol–water partition coefficient (Wildman–Crippen LogP) is 0.751. The largest absolute Gasteiger partial charge is 0.481 e. The van der Waals surface area contributed by atoms with Crippen LogP contribution in [-0.2, 0) is 20.8 Å². The van der Waals surface area contributed by atoms with Crippen molar-refractivity contribution in [2.75, 3.05) is 0 Å². The number of hydrogen-bond donors (Lipinski definition) is 4. The summed E-state index contributed by atoms with van der Waals surface area (Å²) < 4.78 is 0. The van der Waals surface area contributed by atoms with E-state index in [0.29, 0.717) is 12.8 Å². The van der Waals surface area contributed by atoms with Gasteiger partial charge < -0.3 is 20.7 Å². The fraction of sp³-hybridized carbons (Fsp3) is 0.625. The zero-order valence-corrected chi connectivity index (χ0v) is 13.8. The summed E-state index contributed by atoms with van der Waals surface area (Å²) in [6, 6.07) is -0.768. The van der Waals surface area contributed by atoms with Crippen molar-refractivity contribution in [1.82, 2.24) is 20.6 Å². The molecule has 0 aliphatic heterocycles. The Morgan fingerprint density at radius 3 is 2.58 bits per heavy atom. The van der Waals surface area contributed by atoms with E-state index in [0.717, 1.165) is 25.0 Å². The number of aliphatic carboxylic acids is 1. The van der Waals surface area contributed by atoms with E-state index < -0.39 is 17.6 Å². The Kier molecular flexibility index (Phi) is 5.94. The molecular weight excluding hydrogens is 312 g/mol. The van der Waals surface area contributed by atoms with Crippen LogP contribution in [0.4, 0.5) is 0 Å². The molecule has 1 heterocycles. The molecule has 2 rings (SSSR count). The van der Waals surface area contributed by atoms with E-state index in [-0.39, 0.29) is 24.7 Å². The van der Waals surface area contributed by atoms with Gasteiger partial charge in [-0.05, 0) is 12.8 Å². The van der Waals surface area contributed by atoms with Gasteiger partial charge in [-0.15, -0.1) is 0 Å². The van der Waals surface area contributed by atoms with Crippen LogP contribution in [0.2, 0.25) is 0 Å². The van der Waals surface area contributed by atoms with Crippen LogP contribution in [0.5, 0.6) is 0 Å². The first-order valence-electron chi connectivity index (χ1n) is 8.18. The molecule has 1 saturated carbocycles. The van der Waals surface area contributed by atoms with Crippen LogP contribution in [0.25, 0.3) is 0 Å². The van der Waals surface area contributed by atoms with Crippen LogP contribution < -0.4 is 10.6 Å². The monoisotopic (exact) mass is 336 g/mol. The third-order valence-electron chi connectivity index (χ3n) is 4.36. The first kappa shape index (κ1) is 18.0. The van der Waals surface area contributed by atoms with Crippen LogP contribution in [0.15, 0.2) is 12.5 Å².